The minimum atomic E-state index is -0.795. The average molecular weight is 500 g/mol. The molecule has 2 N–H and O–H groups in total. The van der Waals surface area contributed by atoms with Crippen LogP contribution in [0.25, 0.3) is 0 Å². The quantitative estimate of drug-likeness (QED) is 0.365. The molecule has 1 aliphatic rings. The van der Waals surface area contributed by atoms with Crippen molar-refractivity contribution in [2.75, 3.05) is 6.54 Å². The van der Waals surface area contributed by atoms with Crippen molar-refractivity contribution in [3.8, 4) is 0 Å². The van der Waals surface area contributed by atoms with Gasteiger partial charge in [-0.3, -0.25) is 14.5 Å². The summed E-state index contributed by atoms with van der Waals surface area (Å²) in [6.07, 6.45) is 11.0. The summed E-state index contributed by atoms with van der Waals surface area (Å²) in [6, 6.07) is 17.1. The van der Waals surface area contributed by atoms with Gasteiger partial charge in [-0.2, -0.15) is 0 Å². The Morgan fingerprint density at radius 2 is 1.73 bits per heavy atom. The maximum atomic E-state index is 14.0. The molecule has 196 valence electrons. The van der Waals surface area contributed by atoms with E-state index in [0.717, 1.165) is 47.9 Å². The van der Waals surface area contributed by atoms with Gasteiger partial charge in [0.2, 0.25) is 11.8 Å². The summed E-state index contributed by atoms with van der Waals surface area (Å²) in [5.41, 5.74) is 4.34. The molecule has 5 heteroatoms. The number of carbonyl (C=O) groups excluding carboxylic acids is 2. The van der Waals surface area contributed by atoms with E-state index in [0.29, 0.717) is 12.2 Å². The summed E-state index contributed by atoms with van der Waals surface area (Å²) in [7, 11) is 0. The molecular weight excluding hydrogens is 458 g/mol. The summed E-state index contributed by atoms with van der Waals surface area (Å²) in [5, 5.41) is 6.56. The first-order valence-electron chi connectivity index (χ1n) is 13.3. The molecule has 0 spiro atoms. The molecule has 2 amide bonds. The lowest BCUT2D eigenvalue weighted by molar-refractivity contribution is -0.138. The lowest BCUT2D eigenvalue weighted by Crippen LogP contribution is -2.48. The number of aryl methyl sites for hydroxylation is 1. The fourth-order valence-corrected chi connectivity index (χ4v) is 4.87. The SMILES string of the molecule is C=C(C)C=C(C=CC)N(C(=O)CNCc1ccccc1)C(C(=O)NC1CCCCC1)c1ccccc1C. The molecule has 1 aliphatic carbocycles. The Morgan fingerprint density at radius 1 is 1.05 bits per heavy atom. The second kappa shape index (κ2) is 14.3. The fourth-order valence-electron chi connectivity index (χ4n) is 4.87. The maximum Gasteiger partial charge on any atom is 0.248 e. The third-order valence-corrected chi connectivity index (χ3v) is 6.67. The molecule has 0 aromatic heterocycles. The van der Waals surface area contributed by atoms with Crippen LogP contribution in [0.1, 0.15) is 68.7 Å². The number of carbonyl (C=O) groups is 2. The maximum absolute atomic E-state index is 14.0. The number of nitrogens with one attached hydrogen (secondary N) is 2. The van der Waals surface area contributed by atoms with Crippen molar-refractivity contribution in [2.45, 2.75) is 71.5 Å². The van der Waals surface area contributed by atoms with Crippen molar-refractivity contribution in [2.24, 2.45) is 0 Å². The summed E-state index contributed by atoms with van der Waals surface area (Å²) >= 11 is 0. The zero-order valence-electron chi connectivity index (χ0n) is 22.5. The molecule has 0 saturated heterocycles. The zero-order valence-corrected chi connectivity index (χ0v) is 22.5. The Balaban J connectivity index is 1.99. The molecule has 1 fully saturated rings. The van der Waals surface area contributed by atoms with Gasteiger partial charge in [0.15, 0.2) is 0 Å². The molecule has 0 aliphatic heterocycles. The normalized spacial score (nSPS) is 15.4. The lowest BCUT2D eigenvalue weighted by Gasteiger charge is -2.35. The third kappa shape index (κ3) is 8.29. The fraction of sp³-hybridized carbons (Fsp3) is 0.375. The monoisotopic (exact) mass is 499 g/mol. The minimum absolute atomic E-state index is 0.0963. The molecule has 5 nitrogen and oxygen atoms in total. The van der Waals surface area contributed by atoms with E-state index in [1.54, 1.807) is 4.90 Å². The van der Waals surface area contributed by atoms with E-state index >= 15 is 0 Å². The molecule has 2 aromatic carbocycles. The summed E-state index contributed by atoms with van der Waals surface area (Å²) in [6.45, 7) is 10.5. The molecule has 0 radical (unpaired) electrons. The summed E-state index contributed by atoms with van der Waals surface area (Å²) < 4.78 is 0. The van der Waals surface area contributed by atoms with Crippen molar-refractivity contribution >= 4 is 11.8 Å². The number of rotatable bonds is 11. The smallest absolute Gasteiger partial charge is 0.248 e. The van der Waals surface area contributed by atoms with Crippen LogP contribution in [0.2, 0.25) is 0 Å². The highest BCUT2D eigenvalue weighted by molar-refractivity contribution is 5.91. The van der Waals surface area contributed by atoms with Crippen LogP contribution in [0.15, 0.2) is 90.7 Å². The van der Waals surface area contributed by atoms with Crippen LogP contribution in [-0.4, -0.2) is 29.3 Å². The first-order valence-corrected chi connectivity index (χ1v) is 13.3. The van der Waals surface area contributed by atoms with Gasteiger partial charge in [-0.25, -0.2) is 0 Å². The average Bonchev–Trinajstić information content (AvgIpc) is 2.88. The highest BCUT2D eigenvalue weighted by Gasteiger charge is 2.35. The van der Waals surface area contributed by atoms with Crippen LogP contribution in [-0.2, 0) is 16.1 Å². The molecule has 2 aromatic rings. The molecule has 0 bridgehead atoms. The molecule has 1 saturated carbocycles. The van der Waals surface area contributed by atoms with E-state index in [-0.39, 0.29) is 24.4 Å². The second-order valence-electron chi connectivity index (χ2n) is 9.87. The van der Waals surface area contributed by atoms with E-state index in [9.17, 15) is 9.59 Å². The Labute approximate surface area is 222 Å². The van der Waals surface area contributed by atoms with Crippen LogP contribution in [0.5, 0.6) is 0 Å². The summed E-state index contributed by atoms with van der Waals surface area (Å²) in [5.74, 6) is -0.316. The van der Waals surface area contributed by atoms with Gasteiger partial charge in [-0.05, 0) is 62.5 Å². The Morgan fingerprint density at radius 3 is 2.38 bits per heavy atom. The molecular formula is C32H41N3O2. The van der Waals surface area contributed by atoms with E-state index in [1.165, 1.54) is 6.42 Å². The van der Waals surface area contributed by atoms with Gasteiger partial charge in [0.25, 0.3) is 0 Å². The van der Waals surface area contributed by atoms with E-state index in [1.807, 2.05) is 93.6 Å². The summed E-state index contributed by atoms with van der Waals surface area (Å²) in [4.78, 5) is 29.6. The van der Waals surface area contributed by atoms with Gasteiger partial charge in [-0.1, -0.05) is 92.1 Å². The van der Waals surface area contributed by atoms with Gasteiger partial charge in [0, 0.05) is 18.3 Å². The van der Waals surface area contributed by atoms with Gasteiger partial charge in [0.1, 0.15) is 6.04 Å². The number of hydrogen-bond acceptors (Lipinski definition) is 3. The van der Waals surface area contributed by atoms with Crippen molar-refractivity contribution in [3.05, 3.63) is 107 Å². The topological polar surface area (TPSA) is 61.4 Å². The second-order valence-corrected chi connectivity index (χ2v) is 9.87. The third-order valence-electron chi connectivity index (χ3n) is 6.67. The molecule has 0 heterocycles. The Hall–Kier alpha value is -3.44. The van der Waals surface area contributed by atoms with Crippen LogP contribution >= 0.6 is 0 Å². The van der Waals surface area contributed by atoms with Crippen molar-refractivity contribution < 1.29 is 9.59 Å². The zero-order chi connectivity index (χ0) is 26.6. The van der Waals surface area contributed by atoms with E-state index in [2.05, 4.69) is 17.2 Å². The number of nitrogens with zero attached hydrogens (tertiary/aromatic N) is 1. The number of amides is 2. The number of allylic oxidation sites excluding steroid dienone is 4. The Kier molecular flexibility index (Phi) is 10.9. The van der Waals surface area contributed by atoms with Crippen molar-refractivity contribution in [3.63, 3.8) is 0 Å². The first-order chi connectivity index (χ1) is 17.9. The predicted molar refractivity (Wildman–Crippen MR) is 152 cm³/mol. The van der Waals surface area contributed by atoms with Crippen LogP contribution in [0, 0.1) is 6.92 Å². The lowest BCUT2D eigenvalue weighted by atomic mass is 9.93. The van der Waals surface area contributed by atoms with E-state index in [4.69, 9.17) is 0 Å². The van der Waals surface area contributed by atoms with Crippen LogP contribution in [0.3, 0.4) is 0 Å². The van der Waals surface area contributed by atoms with Crippen molar-refractivity contribution in [1.82, 2.24) is 15.5 Å². The van der Waals surface area contributed by atoms with Gasteiger partial charge in [0.05, 0.1) is 6.54 Å². The highest BCUT2D eigenvalue weighted by atomic mass is 16.2. The minimum Gasteiger partial charge on any atom is -0.351 e. The van der Waals surface area contributed by atoms with Gasteiger partial charge in [-0.15, -0.1) is 0 Å². The van der Waals surface area contributed by atoms with E-state index < -0.39 is 6.04 Å². The molecule has 37 heavy (non-hydrogen) atoms. The Bertz CT molecular complexity index is 1110. The molecule has 3 rings (SSSR count). The van der Waals surface area contributed by atoms with Gasteiger partial charge >= 0.3 is 0 Å². The largest absolute Gasteiger partial charge is 0.351 e. The highest BCUT2D eigenvalue weighted by Crippen LogP contribution is 2.30. The number of hydrogen-bond donors (Lipinski definition) is 2. The van der Waals surface area contributed by atoms with Gasteiger partial charge < -0.3 is 10.6 Å². The molecule has 1 unspecified atom stereocenters. The number of benzene rings is 2. The first kappa shape index (κ1) is 28.1. The van der Waals surface area contributed by atoms with Crippen LogP contribution < -0.4 is 10.6 Å². The molecule has 1 atom stereocenters. The standard InChI is InChI=1S/C32H41N3O2/c1-5-14-28(21-24(2)3)35(30(36)23-33-22-26-16-8-6-9-17-26)31(29-20-13-12-15-25(29)4)32(37)34-27-18-10-7-11-19-27/h5-6,8-9,12-17,20-21,27,31,33H,2,7,10-11,18-19,22-23H2,1,3-4H3,(H,34,37). The predicted octanol–water partition coefficient (Wildman–Crippen LogP) is 6.14. The van der Waals surface area contributed by atoms with Crippen molar-refractivity contribution in [1.29, 1.82) is 0 Å². The van der Waals surface area contributed by atoms with Crippen LogP contribution in [0.4, 0.5) is 0 Å².